The van der Waals surface area contributed by atoms with E-state index < -0.39 is 0 Å². The quantitative estimate of drug-likeness (QED) is 0.419. The van der Waals surface area contributed by atoms with E-state index >= 15 is 0 Å². The summed E-state index contributed by atoms with van der Waals surface area (Å²) in [5.74, 6) is 0.00167. The van der Waals surface area contributed by atoms with Crippen molar-refractivity contribution in [1.82, 2.24) is 0 Å². The van der Waals surface area contributed by atoms with Crippen LogP contribution in [0.25, 0.3) is 10.9 Å². The summed E-state index contributed by atoms with van der Waals surface area (Å²) in [6.45, 7) is 1.52. The van der Waals surface area contributed by atoms with Crippen molar-refractivity contribution < 1.29 is 14.7 Å². The van der Waals surface area contributed by atoms with Gasteiger partial charge < -0.3 is 0 Å². The van der Waals surface area contributed by atoms with Crippen molar-refractivity contribution >= 4 is 16.7 Å². The third-order valence-corrected chi connectivity index (χ3v) is 2.20. The van der Waals surface area contributed by atoms with Gasteiger partial charge in [-0.3, -0.25) is 10.0 Å². The molecule has 1 aromatic heterocycles. The number of pyridine rings is 1. The van der Waals surface area contributed by atoms with Gasteiger partial charge in [-0.25, -0.2) is 0 Å². The minimum absolute atomic E-state index is 0.00167. The van der Waals surface area contributed by atoms with Gasteiger partial charge in [0.05, 0.1) is 5.39 Å². The number of hydrogen-bond donors (Lipinski definition) is 1. The molecule has 0 radical (unpaired) electrons. The van der Waals surface area contributed by atoms with E-state index in [-0.39, 0.29) is 5.78 Å². The van der Waals surface area contributed by atoms with Crippen LogP contribution in [0.3, 0.4) is 0 Å². The fraction of sp³-hybridized carbons (Fsp3) is 0.0909. The van der Waals surface area contributed by atoms with Crippen LogP contribution in [0.4, 0.5) is 0 Å². The lowest BCUT2D eigenvalue weighted by Gasteiger charge is -1.98. The molecule has 3 nitrogen and oxygen atoms in total. The average Bonchev–Trinajstić information content (AvgIpc) is 2.18. The molecule has 0 saturated heterocycles. The highest BCUT2D eigenvalue weighted by molar-refractivity contribution is 6.05. The zero-order valence-electron chi connectivity index (χ0n) is 7.77. The summed E-state index contributed by atoms with van der Waals surface area (Å²) in [5, 5.41) is 10.3. The molecule has 0 atom stereocenters. The smallest absolute Gasteiger partial charge is 0.265 e. The number of nitrogens with zero attached hydrogens (tertiary/aromatic N) is 1. The molecular weight excluding hydrogens is 178 g/mol. The van der Waals surface area contributed by atoms with Gasteiger partial charge in [0.15, 0.2) is 5.78 Å². The maximum absolute atomic E-state index is 11.3. The highest BCUT2D eigenvalue weighted by Gasteiger charge is 2.13. The van der Waals surface area contributed by atoms with Crippen LogP contribution < -0.4 is 4.73 Å². The van der Waals surface area contributed by atoms with E-state index in [0.29, 0.717) is 11.1 Å². The molecular formula is C11H10NO2+. The fourth-order valence-corrected chi connectivity index (χ4v) is 1.52. The normalized spacial score (nSPS) is 10.4. The van der Waals surface area contributed by atoms with Gasteiger partial charge in [0.25, 0.3) is 5.52 Å². The van der Waals surface area contributed by atoms with Crippen LogP contribution in [0.2, 0.25) is 0 Å². The van der Waals surface area contributed by atoms with Crippen LogP contribution in [-0.2, 0) is 0 Å². The summed E-state index contributed by atoms with van der Waals surface area (Å²) in [4.78, 5) is 11.3. The Balaban J connectivity index is 2.88. The Labute approximate surface area is 81.2 Å². The van der Waals surface area contributed by atoms with Gasteiger partial charge in [-0.2, -0.15) is 0 Å². The predicted molar refractivity (Wildman–Crippen MR) is 51.3 cm³/mol. The van der Waals surface area contributed by atoms with Gasteiger partial charge in [0.1, 0.15) is 0 Å². The number of Topliss-reactive ketones (excluding diaryl/α,β-unsaturated/α-hetero) is 1. The number of fused-ring (bicyclic) bond motifs is 1. The highest BCUT2D eigenvalue weighted by atomic mass is 16.5. The Kier molecular flexibility index (Phi) is 1.93. The van der Waals surface area contributed by atoms with Gasteiger partial charge in [0.2, 0.25) is 6.20 Å². The molecule has 0 bridgehead atoms. The Bertz CT molecular complexity index is 506. The first-order valence-electron chi connectivity index (χ1n) is 4.34. The molecule has 0 aliphatic heterocycles. The van der Waals surface area contributed by atoms with E-state index in [4.69, 9.17) is 0 Å². The number of benzene rings is 1. The lowest BCUT2D eigenvalue weighted by Crippen LogP contribution is -2.30. The maximum Gasteiger partial charge on any atom is 0.265 e. The Morgan fingerprint density at radius 3 is 2.71 bits per heavy atom. The second-order valence-corrected chi connectivity index (χ2v) is 3.15. The molecule has 1 N–H and O–H groups in total. The van der Waals surface area contributed by atoms with Crippen molar-refractivity contribution in [2.45, 2.75) is 6.92 Å². The van der Waals surface area contributed by atoms with Crippen molar-refractivity contribution in [3.05, 3.63) is 42.1 Å². The highest BCUT2D eigenvalue weighted by Crippen LogP contribution is 2.14. The molecule has 0 spiro atoms. The minimum atomic E-state index is 0.00167. The van der Waals surface area contributed by atoms with Crippen LogP contribution in [0.5, 0.6) is 0 Å². The summed E-state index contributed by atoms with van der Waals surface area (Å²) in [5.41, 5.74) is 1.27. The number of aromatic nitrogens is 1. The standard InChI is InChI=1S/C11H10NO2/c1-8(13)9-6-7-12(14)11-5-3-2-4-10(9)11/h2-7,14H,1H3/q+1. The molecule has 70 valence electrons. The van der Waals surface area contributed by atoms with Crippen molar-refractivity contribution in [2.75, 3.05) is 0 Å². The second kappa shape index (κ2) is 3.10. The number of rotatable bonds is 1. The molecule has 1 heterocycles. The number of para-hydroxylation sites is 1. The summed E-state index contributed by atoms with van der Waals surface area (Å²) in [6, 6.07) is 8.86. The van der Waals surface area contributed by atoms with Gasteiger partial charge in [-0.1, -0.05) is 12.1 Å². The lowest BCUT2D eigenvalue weighted by molar-refractivity contribution is -0.884. The molecule has 0 saturated carbocycles. The zero-order chi connectivity index (χ0) is 10.1. The molecule has 14 heavy (non-hydrogen) atoms. The van der Waals surface area contributed by atoms with E-state index in [0.717, 1.165) is 10.1 Å². The van der Waals surface area contributed by atoms with Crippen LogP contribution in [0, 0.1) is 0 Å². The largest absolute Gasteiger partial charge is 0.294 e. The van der Waals surface area contributed by atoms with Gasteiger partial charge in [0, 0.05) is 22.4 Å². The van der Waals surface area contributed by atoms with Crippen molar-refractivity contribution in [3.8, 4) is 0 Å². The molecule has 0 amide bonds. The van der Waals surface area contributed by atoms with Crippen molar-refractivity contribution in [1.29, 1.82) is 0 Å². The fourth-order valence-electron chi connectivity index (χ4n) is 1.52. The summed E-state index contributed by atoms with van der Waals surface area (Å²) < 4.78 is 1.02. The molecule has 2 aromatic rings. The van der Waals surface area contributed by atoms with E-state index in [1.807, 2.05) is 18.2 Å². The third-order valence-electron chi connectivity index (χ3n) is 2.20. The van der Waals surface area contributed by atoms with E-state index in [2.05, 4.69) is 0 Å². The number of carbonyl (C=O) groups is 1. The summed E-state index contributed by atoms with van der Waals surface area (Å²) in [6.07, 6.45) is 1.47. The lowest BCUT2D eigenvalue weighted by atomic mass is 10.1. The van der Waals surface area contributed by atoms with Crippen LogP contribution in [-0.4, -0.2) is 11.0 Å². The van der Waals surface area contributed by atoms with E-state index in [9.17, 15) is 10.0 Å². The topological polar surface area (TPSA) is 41.2 Å². The SMILES string of the molecule is CC(=O)c1cc[n+](O)c2ccccc12. The van der Waals surface area contributed by atoms with Crippen LogP contribution >= 0.6 is 0 Å². The van der Waals surface area contributed by atoms with Gasteiger partial charge in [-0.05, 0) is 13.0 Å². The molecule has 0 aliphatic rings. The first-order valence-corrected chi connectivity index (χ1v) is 4.34. The first kappa shape index (κ1) is 8.69. The molecule has 0 unspecified atom stereocenters. The second-order valence-electron chi connectivity index (χ2n) is 3.15. The van der Waals surface area contributed by atoms with Gasteiger partial charge in [-0.15, -0.1) is 0 Å². The molecule has 0 fully saturated rings. The van der Waals surface area contributed by atoms with Crippen LogP contribution in [0.1, 0.15) is 17.3 Å². The maximum atomic E-state index is 11.3. The van der Waals surface area contributed by atoms with E-state index in [1.165, 1.54) is 13.1 Å². The molecule has 2 rings (SSSR count). The summed E-state index contributed by atoms with van der Waals surface area (Å²) in [7, 11) is 0. The number of hydrogen-bond acceptors (Lipinski definition) is 2. The average molecular weight is 188 g/mol. The first-order chi connectivity index (χ1) is 6.70. The van der Waals surface area contributed by atoms with Crippen LogP contribution in [0.15, 0.2) is 36.5 Å². The van der Waals surface area contributed by atoms with Gasteiger partial charge >= 0.3 is 0 Å². The number of ketones is 1. The molecule has 0 aliphatic carbocycles. The third kappa shape index (κ3) is 1.23. The van der Waals surface area contributed by atoms with Crippen molar-refractivity contribution in [3.63, 3.8) is 0 Å². The Morgan fingerprint density at radius 1 is 1.29 bits per heavy atom. The van der Waals surface area contributed by atoms with E-state index in [1.54, 1.807) is 12.1 Å². The minimum Gasteiger partial charge on any atom is -0.294 e. The Hall–Kier alpha value is -1.90. The van der Waals surface area contributed by atoms with Crippen molar-refractivity contribution in [2.24, 2.45) is 0 Å². The summed E-state index contributed by atoms with van der Waals surface area (Å²) >= 11 is 0. The molecule has 1 aromatic carbocycles. The number of carbonyl (C=O) groups excluding carboxylic acids is 1. The molecule has 3 heteroatoms. The Morgan fingerprint density at radius 2 is 2.00 bits per heavy atom. The zero-order valence-corrected chi connectivity index (χ0v) is 7.77. The monoisotopic (exact) mass is 188 g/mol. The predicted octanol–water partition coefficient (Wildman–Crippen LogP) is 1.57.